The minimum absolute atomic E-state index is 0.560. The molecule has 8 nitrogen and oxygen atoms in total. The van der Waals surface area contributed by atoms with Gasteiger partial charge in [0.15, 0.2) is 34.9 Å². The van der Waals surface area contributed by atoms with Gasteiger partial charge in [0.25, 0.3) is 0 Å². The summed E-state index contributed by atoms with van der Waals surface area (Å²) < 4.78 is 0. The Morgan fingerprint density at radius 1 is 0.214 bits per heavy atom. The van der Waals surface area contributed by atoms with Gasteiger partial charge in [-0.3, -0.25) is 0 Å². The molecule has 84 heavy (non-hydrogen) atoms. The van der Waals surface area contributed by atoms with Gasteiger partial charge in [0.1, 0.15) is 0 Å². The fourth-order valence-electron chi connectivity index (χ4n) is 11.0. The number of aromatic nitrogens is 6. The summed E-state index contributed by atoms with van der Waals surface area (Å²) in [5.74, 6) is 3.50. The van der Waals surface area contributed by atoms with Crippen LogP contribution in [0.1, 0.15) is 11.1 Å². The molecule has 0 bridgehead atoms. The molecule has 0 spiro atoms. The van der Waals surface area contributed by atoms with Crippen molar-refractivity contribution in [2.75, 3.05) is 0 Å². The lowest BCUT2D eigenvalue weighted by molar-refractivity contribution is 1.07. The Morgan fingerprint density at radius 3 is 1.02 bits per heavy atom. The van der Waals surface area contributed by atoms with Crippen LogP contribution in [0, 0.1) is 22.7 Å². The van der Waals surface area contributed by atoms with E-state index in [2.05, 4.69) is 152 Å². The van der Waals surface area contributed by atoms with Crippen molar-refractivity contribution < 1.29 is 0 Å². The molecule has 0 aliphatic heterocycles. The first-order chi connectivity index (χ1) is 41.5. The molecule has 0 amide bonds. The van der Waals surface area contributed by atoms with Crippen molar-refractivity contribution in [1.82, 2.24) is 29.9 Å². The zero-order chi connectivity index (χ0) is 56.3. The second kappa shape index (κ2) is 22.0. The Labute approximate surface area is 485 Å². The Bertz CT molecular complexity index is 4800. The molecule has 0 aliphatic carbocycles. The Balaban J connectivity index is 0.813. The number of hydrogen-bond acceptors (Lipinski definition) is 8. The number of nitrogens with zero attached hydrogens (tertiary/aromatic N) is 8. The molecule has 0 radical (unpaired) electrons. The van der Waals surface area contributed by atoms with Crippen LogP contribution in [0.4, 0.5) is 0 Å². The summed E-state index contributed by atoms with van der Waals surface area (Å²) in [6, 6.07) is 99.1. The predicted molar refractivity (Wildman–Crippen MR) is 337 cm³/mol. The molecule has 0 saturated heterocycles. The van der Waals surface area contributed by atoms with Crippen LogP contribution in [0.2, 0.25) is 0 Å². The monoisotopic (exact) mass is 1070 g/mol. The third-order valence-electron chi connectivity index (χ3n) is 15.3. The van der Waals surface area contributed by atoms with Crippen molar-refractivity contribution >= 4 is 21.5 Å². The highest BCUT2D eigenvalue weighted by Gasteiger charge is 2.19. The lowest BCUT2D eigenvalue weighted by Gasteiger charge is -2.16. The highest BCUT2D eigenvalue weighted by atomic mass is 15.0. The molecule has 14 rings (SSSR count). The first kappa shape index (κ1) is 50.4. The van der Waals surface area contributed by atoms with E-state index in [4.69, 9.17) is 29.9 Å². The number of fused-ring (bicyclic) bond motifs is 2. The molecule has 12 aromatic carbocycles. The van der Waals surface area contributed by atoms with E-state index >= 15 is 0 Å². The van der Waals surface area contributed by atoms with E-state index < -0.39 is 0 Å². The summed E-state index contributed by atoms with van der Waals surface area (Å²) in [5.41, 5.74) is 16.9. The second-order valence-electron chi connectivity index (χ2n) is 20.5. The lowest BCUT2D eigenvalue weighted by atomic mass is 9.88. The molecular weight excluding hydrogens is 1020 g/mol. The molecule has 0 aliphatic rings. The quantitative estimate of drug-likeness (QED) is 0.125. The van der Waals surface area contributed by atoms with Crippen molar-refractivity contribution in [3.8, 4) is 136 Å². The summed E-state index contributed by atoms with van der Waals surface area (Å²) in [6.45, 7) is 0. The maximum absolute atomic E-state index is 9.81. The summed E-state index contributed by atoms with van der Waals surface area (Å²) in [4.78, 5) is 30.1. The van der Waals surface area contributed by atoms with Gasteiger partial charge in [-0.05, 0) is 108 Å². The van der Waals surface area contributed by atoms with E-state index in [1.807, 2.05) is 140 Å². The standard InChI is InChI=1S/C76H46N8/c77-47-49-23-25-56(26-24-49)69-66(53-29-36-61(37-30-53)75-80-71(57-15-4-1-5-16-57)79-72(81-75)58-17-6-2-7-18-58)44-42-55-33-40-63(46-68(55)69)51-27-34-60(35-28-51)74-82-73(59-19-8-3-9-20-59)83-76(84-74)62-38-31-54(32-39-62)67-43-41-52-14-10-11-22-65(52)70(67)64-21-12-13-50(45-64)48-78/h1-46H. The molecule has 0 saturated carbocycles. The van der Waals surface area contributed by atoms with Crippen molar-refractivity contribution in [3.05, 3.63) is 290 Å². The number of nitriles is 2. The van der Waals surface area contributed by atoms with Gasteiger partial charge in [-0.1, -0.05) is 249 Å². The van der Waals surface area contributed by atoms with E-state index in [1.54, 1.807) is 0 Å². The molecule has 390 valence electrons. The fraction of sp³-hybridized carbons (Fsp3) is 0. The molecule has 14 aromatic rings. The number of benzene rings is 12. The van der Waals surface area contributed by atoms with Crippen LogP contribution in [-0.4, -0.2) is 29.9 Å². The average molecular weight is 1070 g/mol. The third-order valence-corrected chi connectivity index (χ3v) is 15.3. The van der Waals surface area contributed by atoms with Crippen LogP contribution < -0.4 is 0 Å². The number of rotatable bonds is 11. The highest BCUT2D eigenvalue weighted by Crippen LogP contribution is 2.42. The van der Waals surface area contributed by atoms with Crippen LogP contribution in [0.3, 0.4) is 0 Å². The van der Waals surface area contributed by atoms with Crippen LogP contribution in [-0.2, 0) is 0 Å². The second-order valence-corrected chi connectivity index (χ2v) is 20.5. The topological polar surface area (TPSA) is 125 Å². The first-order valence-electron chi connectivity index (χ1n) is 27.6. The van der Waals surface area contributed by atoms with E-state index in [-0.39, 0.29) is 0 Å². The summed E-state index contributed by atoms with van der Waals surface area (Å²) in [6.07, 6.45) is 0. The lowest BCUT2D eigenvalue weighted by Crippen LogP contribution is -2.00. The van der Waals surface area contributed by atoms with Gasteiger partial charge in [0.05, 0.1) is 23.3 Å². The summed E-state index contributed by atoms with van der Waals surface area (Å²) in [7, 11) is 0. The summed E-state index contributed by atoms with van der Waals surface area (Å²) in [5, 5.41) is 24.0. The van der Waals surface area contributed by atoms with Crippen LogP contribution in [0.25, 0.3) is 146 Å². The fourth-order valence-corrected chi connectivity index (χ4v) is 11.0. The van der Waals surface area contributed by atoms with Crippen LogP contribution in [0.5, 0.6) is 0 Å². The minimum Gasteiger partial charge on any atom is -0.208 e. The van der Waals surface area contributed by atoms with Gasteiger partial charge >= 0.3 is 0 Å². The Kier molecular flexibility index (Phi) is 13.2. The smallest absolute Gasteiger partial charge is 0.164 e. The van der Waals surface area contributed by atoms with E-state index in [1.165, 1.54) is 0 Å². The molecule has 0 N–H and O–H groups in total. The zero-order valence-electron chi connectivity index (χ0n) is 45.1. The van der Waals surface area contributed by atoms with E-state index in [0.717, 1.165) is 111 Å². The van der Waals surface area contributed by atoms with Crippen molar-refractivity contribution in [2.45, 2.75) is 0 Å². The maximum atomic E-state index is 9.81. The summed E-state index contributed by atoms with van der Waals surface area (Å²) >= 11 is 0. The van der Waals surface area contributed by atoms with E-state index in [0.29, 0.717) is 46.1 Å². The largest absolute Gasteiger partial charge is 0.208 e. The van der Waals surface area contributed by atoms with Crippen LogP contribution >= 0.6 is 0 Å². The highest BCUT2D eigenvalue weighted by molar-refractivity contribution is 6.06. The first-order valence-corrected chi connectivity index (χ1v) is 27.6. The van der Waals surface area contributed by atoms with Gasteiger partial charge in [0, 0.05) is 33.4 Å². The maximum Gasteiger partial charge on any atom is 0.164 e. The molecule has 2 aromatic heterocycles. The SMILES string of the molecule is N#Cc1ccc(-c2c(-c3ccc(-c4nc(-c5ccccc5)nc(-c5ccccc5)n4)cc3)ccc3ccc(-c4ccc(-c5nc(-c6ccccc6)nc(-c6ccc(-c7ccc8ccccc8c7-c7cccc(C#N)c7)cc6)n5)cc4)cc23)cc1. The molecule has 0 fully saturated rings. The van der Waals surface area contributed by atoms with Gasteiger partial charge in [-0.15, -0.1) is 0 Å². The molecule has 2 heterocycles. The van der Waals surface area contributed by atoms with Gasteiger partial charge < -0.3 is 0 Å². The van der Waals surface area contributed by atoms with Gasteiger partial charge in [0.2, 0.25) is 0 Å². The third kappa shape index (κ3) is 9.89. The normalized spacial score (nSPS) is 11.1. The molecule has 0 atom stereocenters. The Hall–Kier alpha value is -11.8. The minimum atomic E-state index is 0.560. The average Bonchev–Trinajstić information content (AvgIpc) is 2.95. The van der Waals surface area contributed by atoms with Gasteiger partial charge in [-0.2, -0.15) is 10.5 Å². The molecule has 8 heteroatoms. The number of hydrogen-bond donors (Lipinski definition) is 0. The van der Waals surface area contributed by atoms with Crippen molar-refractivity contribution in [1.29, 1.82) is 10.5 Å². The van der Waals surface area contributed by atoms with Crippen LogP contribution in [0.15, 0.2) is 279 Å². The van der Waals surface area contributed by atoms with Gasteiger partial charge in [-0.25, -0.2) is 29.9 Å². The molecule has 0 unspecified atom stereocenters. The van der Waals surface area contributed by atoms with Crippen molar-refractivity contribution in [2.24, 2.45) is 0 Å². The van der Waals surface area contributed by atoms with Crippen molar-refractivity contribution in [3.63, 3.8) is 0 Å². The Morgan fingerprint density at radius 2 is 0.560 bits per heavy atom. The van der Waals surface area contributed by atoms with E-state index in [9.17, 15) is 10.5 Å². The zero-order valence-corrected chi connectivity index (χ0v) is 45.1. The molecular formula is C76H46N8. The predicted octanol–water partition coefficient (Wildman–Crippen LogP) is 18.4.